The first-order valence-electron chi connectivity index (χ1n) is 6.95. The Labute approximate surface area is 138 Å². The van der Waals surface area contributed by atoms with E-state index in [1.54, 1.807) is 12.1 Å². The number of imide groups is 1. The summed E-state index contributed by atoms with van der Waals surface area (Å²) in [6.07, 6.45) is 0.923. The molecule has 6 atom stereocenters. The molecule has 1 saturated heterocycles. The smallest absolute Gasteiger partial charge is 0.238 e. The average molecular weight is 415 g/mol. The van der Waals surface area contributed by atoms with E-state index in [4.69, 9.17) is 0 Å². The van der Waals surface area contributed by atoms with Gasteiger partial charge in [0.2, 0.25) is 11.8 Å². The molecule has 21 heavy (non-hydrogen) atoms. The highest BCUT2D eigenvalue weighted by atomic mass is 79.9. The van der Waals surface area contributed by atoms with E-state index in [-0.39, 0.29) is 50.9 Å². The van der Waals surface area contributed by atoms with Crippen molar-refractivity contribution in [2.45, 2.75) is 16.1 Å². The van der Waals surface area contributed by atoms with Gasteiger partial charge in [0.05, 0.1) is 17.5 Å². The fraction of sp³-hybridized carbons (Fsp3) is 0.467. The van der Waals surface area contributed by atoms with Crippen molar-refractivity contribution in [1.29, 1.82) is 0 Å². The molecule has 1 aromatic carbocycles. The molecule has 3 fully saturated rings. The summed E-state index contributed by atoms with van der Waals surface area (Å²) in [5.41, 5.74) is 0.469. The summed E-state index contributed by atoms with van der Waals surface area (Å²) in [6.45, 7) is 0. The number of carbonyl (C=O) groups excluding carboxylic acids is 2. The van der Waals surface area contributed by atoms with Crippen molar-refractivity contribution in [2.24, 2.45) is 23.7 Å². The van der Waals surface area contributed by atoms with Gasteiger partial charge in [0.25, 0.3) is 0 Å². The van der Waals surface area contributed by atoms with Crippen LogP contribution in [0.2, 0.25) is 0 Å². The van der Waals surface area contributed by atoms with E-state index in [1.165, 1.54) is 17.0 Å². The van der Waals surface area contributed by atoms with Crippen molar-refractivity contribution >= 4 is 49.4 Å². The van der Waals surface area contributed by atoms with Gasteiger partial charge in [-0.2, -0.15) is 0 Å². The van der Waals surface area contributed by atoms with Crippen LogP contribution in [0.15, 0.2) is 24.3 Å². The number of aromatic hydroxyl groups is 1. The Balaban J connectivity index is 1.75. The highest BCUT2D eigenvalue weighted by Crippen LogP contribution is 2.60. The molecular formula is C15H13Br2NO3. The van der Waals surface area contributed by atoms with E-state index in [0.29, 0.717) is 5.69 Å². The standard InChI is InChI=1S/C15H13Br2NO3/c16-12-8-5-9(13(12)17)11-10(8)14(20)18(15(11)21)6-2-1-3-7(19)4-6/h1-4,8-13,19H,5H2/t8-,9+,10+,11-,12-,13-/m1/s1. The number of benzene rings is 1. The van der Waals surface area contributed by atoms with Crippen molar-refractivity contribution in [3.05, 3.63) is 24.3 Å². The average Bonchev–Trinajstić information content (AvgIpc) is 3.04. The number of hydrogen-bond donors (Lipinski definition) is 1. The van der Waals surface area contributed by atoms with Crippen molar-refractivity contribution in [3.8, 4) is 5.75 Å². The van der Waals surface area contributed by atoms with Gasteiger partial charge in [-0.15, -0.1) is 0 Å². The van der Waals surface area contributed by atoms with Gasteiger partial charge in [-0.1, -0.05) is 37.9 Å². The first kappa shape index (κ1) is 13.8. The van der Waals surface area contributed by atoms with E-state index in [2.05, 4.69) is 31.9 Å². The first-order valence-corrected chi connectivity index (χ1v) is 8.79. The number of alkyl halides is 2. The number of rotatable bonds is 1. The maximum absolute atomic E-state index is 12.7. The molecule has 2 aliphatic carbocycles. The number of halogens is 2. The Morgan fingerprint density at radius 1 is 1.05 bits per heavy atom. The maximum atomic E-state index is 12.7. The molecule has 1 aromatic rings. The number of nitrogens with zero attached hydrogens (tertiary/aromatic N) is 1. The van der Waals surface area contributed by atoms with Gasteiger partial charge in [0.1, 0.15) is 5.75 Å². The van der Waals surface area contributed by atoms with Gasteiger partial charge < -0.3 is 5.11 Å². The van der Waals surface area contributed by atoms with Crippen LogP contribution >= 0.6 is 31.9 Å². The Hall–Kier alpha value is -0.880. The van der Waals surface area contributed by atoms with Crippen LogP contribution in [0.25, 0.3) is 0 Å². The van der Waals surface area contributed by atoms with Gasteiger partial charge in [-0.05, 0) is 30.4 Å². The second-order valence-electron chi connectivity index (χ2n) is 6.04. The summed E-state index contributed by atoms with van der Waals surface area (Å²) in [6, 6.07) is 6.34. The molecule has 2 amide bonds. The van der Waals surface area contributed by atoms with Crippen molar-refractivity contribution in [3.63, 3.8) is 0 Å². The van der Waals surface area contributed by atoms with E-state index < -0.39 is 0 Å². The summed E-state index contributed by atoms with van der Waals surface area (Å²) < 4.78 is 0. The van der Waals surface area contributed by atoms with E-state index >= 15 is 0 Å². The van der Waals surface area contributed by atoms with Crippen LogP contribution < -0.4 is 4.90 Å². The van der Waals surface area contributed by atoms with Gasteiger partial charge in [-0.25, -0.2) is 4.90 Å². The molecule has 0 unspecified atom stereocenters. The zero-order valence-electron chi connectivity index (χ0n) is 10.9. The molecule has 0 radical (unpaired) electrons. The Morgan fingerprint density at radius 3 is 2.14 bits per heavy atom. The number of hydrogen-bond acceptors (Lipinski definition) is 3. The molecule has 1 aliphatic heterocycles. The van der Waals surface area contributed by atoms with E-state index in [0.717, 1.165) is 6.42 Å². The molecule has 2 saturated carbocycles. The molecule has 2 bridgehead atoms. The lowest BCUT2D eigenvalue weighted by Gasteiger charge is -2.28. The quantitative estimate of drug-likeness (QED) is 0.567. The van der Waals surface area contributed by atoms with Gasteiger partial charge in [-0.3, -0.25) is 9.59 Å². The lowest BCUT2D eigenvalue weighted by atomic mass is 9.81. The maximum Gasteiger partial charge on any atom is 0.238 e. The first-order chi connectivity index (χ1) is 10.0. The third-order valence-corrected chi connectivity index (χ3v) is 8.28. The summed E-state index contributed by atoms with van der Waals surface area (Å²) in [5.74, 6) is -0.193. The number of amides is 2. The second kappa shape index (κ2) is 4.56. The number of fused-ring (bicyclic) bond motifs is 5. The number of phenolic OH excluding ortho intramolecular Hbond substituents is 1. The summed E-state index contributed by atoms with van der Waals surface area (Å²) in [7, 11) is 0. The van der Waals surface area contributed by atoms with Gasteiger partial charge in [0, 0.05) is 15.7 Å². The molecule has 4 rings (SSSR count). The molecule has 1 N–H and O–H groups in total. The molecule has 4 nitrogen and oxygen atoms in total. The minimum atomic E-state index is -0.219. The fourth-order valence-electron chi connectivity index (χ4n) is 4.24. The molecule has 0 aromatic heterocycles. The molecule has 3 aliphatic rings. The molecule has 0 spiro atoms. The van der Waals surface area contributed by atoms with Crippen LogP contribution in [0.1, 0.15) is 6.42 Å². The zero-order valence-corrected chi connectivity index (χ0v) is 14.1. The highest BCUT2D eigenvalue weighted by molar-refractivity contribution is 9.12. The minimum Gasteiger partial charge on any atom is -0.508 e. The third-order valence-electron chi connectivity index (χ3n) is 5.08. The number of carbonyl (C=O) groups is 2. The number of anilines is 1. The van der Waals surface area contributed by atoms with Crippen LogP contribution in [0, 0.1) is 23.7 Å². The SMILES string of the molecule is O=C1[C@@H]2[C@@H]3C[C@@H]([C@@H](Br)[C@@H]3Br)[C@@H]2C(=O)N1c1cccc(O)c1. The zero-order chi connectivity index (χ0) is 14.9. The van der Waals surface area contributed by atoms with Crippen LogP contribution in [0.5, 0.6) is 5.75 Å². The predicted octanol–water partition coefficient (Wildman–Crippen LogP) is 2.67. The lowest BCUT2D eigenvalue weighted by Crippen LogP contribution is -2.37. The molecule has 6 heteroatoms. The van der Waals surface area contributed by atoms with Crippen LogP contribution in [0.4, 0.5) is 5.69 Å². The Bertz CT molecular complexity index is 618. The topological polar surface area (TPSA) is 57.6 Å². The molecule has 110 valence electrons. The van der Waals surface area contributed by atoms with Crippen molar-refractivity contribution < 1.29 is 14.7 Å². The summed E-state index contributed by atoms with van der Waals surface area (Å²) in [5, 5.41) is 9.59. The Kier molecular flexibility index (Phi) is 2.99. The predicted molar refractivity (Wildman–Crippen MR) is 84.6 cm³/mol. The van der Waals surface area contributed by atoms with E-state index in [1.807, 2.05) is 0 Å². The summed E-state index contributed by atoms with van der Waals surface area (Å²) >= 11 is 7.33. The Morgan fingerprint density at radius 2 is 1.62 bits per heavy atom. The van der Waals surface area contributed by atoms with Crippen molar-refractivity contribution in [2.75, 3.05) is 4.90 Å². The van der Waals surface area contributed by atoms with Crippen LogP contribution in [-0.2, 0) is 9.59 Å². The monoisotopic (exact) mass is 413 g/mol. The van der Waals surface area contributed by atoms with Crippen molar-refractivity contribution in [1.82, 2.24) is 0 Å². The third kappa shape index (κ3) is 1.72. The van der Waals surface area contributed by atoms with Crippen LogP contribution in [0.3, 0.4) is 0 Å². The van der Waals surface area contributed by atoms with Gasteiger partial charge >= 0.3 is 0 Å². The van der Waals surface area contributed by atoms with E-state index in [9.17, 15) is 14.7 Å². The highest BCUT2D eigenvalue weighted by Gasteiger charge is 2.66. The van der Waals surface area contributed by atoms with Gasteiger partial charge in [0.15, 0.2) is 0 Å². The largest absolute Gasteiger partial charge is 0.508 e. The fourth-order valence-corrected chi connectivity index (χ4v) is 6.11. The van der Waals surface area contributed by atoms with Crippen LogP contribution in [-0.4, -0.2) is 26.6 Å². The minimum absolute atomic E-state index is 0.0601. The molecular weight excluding hydrogens is 402 g/mol. The normalized spacial score (nSPS) is 41.0. The second-order valence-corrected chi connectivity index (χ2v) is 8.15. The summed E-state index contributed by atoms with van der Waals surface area (Å²) in [4.78, 5) is 27.2. The number of phenols is 1. The lowest BCUT2D eigenvalue weighted by molar-refractivity contribution is -0.123. The molecule has 1 heterocycles.